The number of benzene rings is 2. The smallest absolute Gasteiger partial charge is 0.263 e. The quantitative estimate of drug-likeness (QED) is 0.457. The summed E-state index contributed by atoms with van der Waals surface area (Å²) in [7, 11) is 0. The third kappa shape index (κ3) is 5.09. The van der Waals surface area contributed by atoms with E-state index in [1.807, 2.05) is 18.2 Å². The molecule has 2 aliphatic heterocycles. The normalized spacial score (nSPS) is 18.9. The van der Waals surface area contributed by atoms with Gasteiger partial charge in [-0.3, -0.25) is 29.2 Å². The molecule has 7 heteroatoms. The van der Waals surface area contributed by atoms with Gasteiger partial charge in [0.15, 0.2) is 0 Å². The van der Waals surface area contributed by atoms with Crippen molar-refractivity contribution >= 4 is 22.7 Å². The number of hydrogen-bond donors (Lipinski definition) is 1. The molecular weight excluding hydrogens is 452 g/mol. The van der Waals surface area contributed by atoms with E-state index in [4.69, 9.17) is 0 Å². The monoisotopic (exact) mass is 482 g/mol. The van der Waals surface area contributed by atoms with Gasteiger partial charge in [0.2, 0.25) is 11.8 Å². The maximum Gasteiger partial charge on any atom is 0.263 e. The summed E-state index contributed by atoms with van der Waals surface area (Å²) in [5.74, 6) is 5.99. The first-order valence-electron chi connectivity index (χ1n) is 12.7. The summed E-state index contributed by atoms with van der Waals surface area (Å²) in [6, 6.07) is 12.9. The molecular formula is C29H30N4O3. The minimum Gasteiger partial charge on any atom is -0.299 e. The lowest BCUT2D eigenvalue weighted by atomic mass is 10.0. The van der Waals surface area contributed by atoms with Gasteiger partial charge in [0.05, 0.1) is 10.9 Å². The lowest BCUT2D eigenvalue weighted by molar-refractivity contribution is -0.135. The Bertz CT molecular complexity index is 1420. The molecule has 1 aromatic heterocycles. The summed E-state index contributed by atoms with van der Waals surface area (Å²) >= 11 is 0. The number of piperidine rings is 1. The number of nitrogens with one attached hydrogen (secondary N) is 1. The zero-order valence-corrected chi connectivity index (χ0v) is 20.5. The summed E-state index contributed by atoms with van der Waals surface area (Å²) in [5.41, 5.74) is 2.95. The van der Waals surface area contributed by atoms with Crippen molar-refractivity contribution in [2.24, 2.45) is 0 Å². The number of imide groups is 1. The molecule has 0 radical (unpaired) electrons. The van der Waals surface area contributed by atoms with Crippen molar-refractivity contribution < 1.29 is 9.59 Å². The van der Waals surface area contributed by atoms with Gasteiger partial charge in [0.25, 0.3) is 5.56 Å². The van der Waals surface area contributed by atoms with E-state index in [2.05, 4.69) is 39.2 Å². The number of carbonyl (C=O) groups is 2. The molecule has 184 valence electrons. The van der Waals surface area contributed by atoms with Crippen molar-refractivity contribution in [2.75, 3.05) is 13.1 Å². The summed E-state index contributed by atoms with van der Waals surface area (Å²) < 4.78 is 1.40. The molecule has 3 heterocycles. The topological polar surface area (TPSA) is 84.3 Å². The lowest BCUT2D eigenvalue weighted by Crippen LogP contribution is -2.45. The molecule has 36 heavy (non-hydrogen) atoms. The van der Waals surface area contributed by atoms with E-state index in [9.17, 15) is 14.4 Å². The zero-order chi connectivity index (χ0) is 25.1. The number of amides is 2. The van der Waals surface area contributed by atoms with Crippen LogP contribution in [0.4, 0.5) is 0 Å². The third-order valence-electron chi connectivity index (χ3n) is 7.03. The molecule has 0 aliphatic carbocycles. The number of aryl methyl sites for hydroxylation is 1. The van der Waals surface area contributed by atoms with Gasteiger partial charge in [-0.15, -0.1) is 0 Å². The predicted octanol–water partition coefficient (Wildman–Crippen LogP) is 3.46. The average Bonchev–Trinajstić information content (AvgIpc) is 3.13. The van der Waals surface area contributed by atoms with Crippen LogP contribution in [0.2, 0.25) is 0 Å². The van der Waals surface area contributed by atoms with Crippen LogP contribution in [0.3, 0.4) is 0 Å². The second kappa shape index (κ2) is 10.5. The van der Waals surface area contributed by atoms with E-state index in [0.29, 0.717) is 22.3 Å². The van der Waals surface area contributed by atoms with E-state index < -0.39 is 11.9 Å². The molecule has 2 aliphatic rings. The number of rotatable bonds is 3. The minimum absolute atomic E-state index is 0.190. The second-order valence-corrected chi connectivity index (χ2v) is 9.64. The van der Waals surface area contributed by atoms with Crippen LogP contribution in [0, 0.1) is 18.8 Å². The van der Waals surface area contributed by atoms with Crippen LogP contribution < -0.4 is 10.9 Å². The molecule has 3 aromatic rings. The number of fused-ring (bicyclic) bond motifs is 1. The Morgan fingerprint density at radius 1 is 0.972 bits per heavy atom. The van der Waals surface area contributed by atoms with Crippen LogP contribution in [0.5, 0.6) is 0 Å². The van der Waals surface area contributed by atoms with E-state index in [1.165, 1.54) is 35.8 Å². The molecule has 2 aromatic carbocycles. The van der Waals surface area contributed by atoms with Gasteiger partial charge >= 0.3 is 0 Å². The summed E-state index contributed by atoms with van der Waals surface area (Å²) in [5, 5.41) is 2.72. The van der Waals surface area contributed by atoms with Gasteiger partial charge < -0.3 is 0 Å². The maximum atomic E-state index is 13.6. The zero-order valence-electron chi connectivity index (χ0n) is 20.5. The Balaban J connectivity index is 1.43. The minimum atomic E-state index is -0.759. The summed E-state index contributed by atoms with van der Waals surface area (Å²) in [6.45, 7) is 4.98. The van der Waals surface area contributed by atoms with Crippen LogP contribution in [0.15, 0.2) is 47.3 Å². The molecule has 2 fully saturated rings. The van der Waals surface area contributed by atoms with Crippen molar-refractivity contribution in [3.8, 4) is 11.8 Å². The number of likely N-dealkylation sites (tertiary alicyclic amines) is 1. The first-order valence-corrected chi connectivity index (χ1v) is 12.7. The summed E-state index contributed by atoms with van der Waals surface area (Å²) in [6.07, 6.45) is 5.66. The highest BCUT2D eigenvalue weighted by Gasteiger charge is 2.30. The molecule has 7 nitrogen and oxygen atoms in total. The first-order chi connectivity index (χ1) is 17.5. The molecule has 2 saturated heterocycles. The molecule has 2 amide bonds. The van der Waals surface area contributed by atoms with Crippen molar-refractivity contribution in [3.63, 3.8) is 0 Å². The van der Waals surface area contributed by atoms with E-state index in [0.717, 1.165) is 25.2 Å². The molecule has 0 spiro atoms. The number of aromatic nitrogens is 2. The molecule has 1 atom stereocenters. The van der Waals surface area contributed by atoms with Crippen LogP contribution in [-0.4, -0.2) is 39.4 Å². The molecule has 1 N–H and O–H groups in total. The van der Waals surface area contributed by atoms with Gasteiger partial charge in [0.1, 0.15) is 11.9 Å². The van der Waals surface area contributed by atoms with Crippen LogP contribution >= 0.6 is 0 Å². The van der Waals surface area contributed by atoms with Crippen molar-refractivity contribution in [2.45, 2.75) is 58.0 Å². The molecule has 0 bridgehead atoms. The molecule has 5 rings (SSSR count). The van der Waals surface area contributed by atoms with Gasteiger partial charge in [-0.1, -0.05) is 42.9 Å². The van der Waals surface area contributed by atoms with Gasteiger partial charge in [-0.05, 0) is 69.1 Å². The number of nitrogens with zero attached hydrogens (tertiary/aromatic N) is 3. The van der Waals surface area contributed by atoms with Crippen molar-refractivity contribution in [3.05, 3.63) is 75.3 Å². The van der Waals surface area contributed by atoms with E-state index >= 15 is 0 Å². The van der Waals surface area contributed by atoms with Gasteiger partial charge in [-0.25, -0.2) is 4.98 Å². The lowest BCUT2D eigenvalue weighted by Gasteiger charge is -2.24. The largest absolute Gasteiger partial charge is 0.299 e. The van der Waals surface area contributed by atoms with Gasteiger partial charge in [-0.2, -0.15) is 0 Å². The SMILES string of the molecule is Cc1nc2cccc(C#Cc3ccc(CN4CCCCCC4)cc3)c2c(=O)n1C1CCC(=O)NC1=O. The maximum absolute atomic E-state index is 13.6. The summed E-state index contributed by atoms with van der Waals surface area (Å²) in [4.78, 5) is 44.7. The highest BCUT2D eigenvalue weighted by Crippen LogP contribution is 2.21. The first kappa shape index (κ1) is 24.0. The van der Waals surface area contributed by atoms with Crippen LogP contribution in [0.25, 0.3) is 10.9 Å². The van der Waals surface area contributed by atoms with Crippen LogP contribution in [0.1, 0.15) is 67.1 Å². The second-order valence-electron chi connectivity index (χ2n) is 9.64. The molecule has 1 unspecified atom stereocenters. The highest BCUT2D eigenvalue weighted by atomic mass is 16.2. The fourth-order valence-corrected chi connectivity index (χ4v) is 5.14. The fraction of sp³-hybridized carbons (Fsp3) is 0.379. The van der Waals surface area contributed by atoms with E-state index in [-0.39, 0.29) is 24.3 Å². The Labute approximate surface area is 210 Å². The van der Waals surface area contributed by atoms with Crippen molar-refractivity contribution in [1.29, 1.82) is 0 Å². The standard InChI is InChI=1S/C29H30N4O3/c1-20-30-24-8-6-7-23(27(24)29(36)33(20)25-15-16-26(34)31-28(25)35)14-13-21-9-11-22(12-10-21)19-32-17-4-2-3-5-18-32/h6-12,25H,2-5,15-19H2,1H3,(H,31,34,35). The Morgan fingerprint density at radius 2 is 1.72 bits per heavy atom. The predicted molar refractivity (Wildman–Crippen MR) is 138 cm³/mol. The Kier molecular flexibility index (Phi) is 6.97. The van der Waals surface area contributed by atoms with Crippen molar-refractivity contribution in [1.82, 2.24) is 19.8 Å². The molecule has 0 saturated carbocycles. The van der Waals surface area contributed by atoms with Gasteiger partial charge in [0, 0.05) is 24.1 Å². The third-order valence-corrected chi connectivity index (χ3v) is 7.03. The Morgan fingerprint density at radius 3 is 2.44 bits per heavy atom. The highest BCUT2D eigenvalue weighted by molar-refractivity contribution is 5.99. The van der Waals surface area contributed by atoms with Crippen LogP contribution in [-0.2, 0) is 16.1 Å². The number of hydrogen-bond acceptors (Lipinski definition) is 5. The Hall–Kier alpha value is -3.76. The number of carbonyl (C=O) groups excluding carboxylic acids is 2. The van der Waals surface area contributed by atoms with E-state index in [1.54, 1.807) is 19.1 Å². The average molecular weight is 483 g/mol. The fourth-order valence-electron chi connectivity index (χ4n) is 5.14.